The predicted molar refractivity (Wildman–Crippen MR) is 117 cm³/mol. The highest BCUT2D eigenvalue weighted by Gasteiger charge is 2.33. The molecule has 32 heavy (non-hydrogen) atoms. The molecule has 2 aliphatic rings. The Labute approximate surface area is 186 Å². The largest absolute Gasteiger partial charge is 0.351 e. The third-order valence-corrected chi connectivity index (χ3v) is 6.51. The Morgan fingerprint density at radius 1 is 1.12 bits per heavy atom. The van der Waals surface area contributed by atoms with Crippen molar-refractivity contribution < 1.29 is 14.1 Å². The summed E-state index contributed by atoms with van der Waals surface area (Å²) in [5, 5.41) is 7.02. The van der Waals surface area contributed by atoms with Crippen LogP contribution >= 0.6 is 0 Å². The zero-order valence-electron chi connectivity index (χ0n) is 17.7. The van der Waals surface area contributed by atoms with Gasteiger partial charge in [0, 0.05) is 61.9 Å². The first kappa shape index (κ1) is 20.4. The zero-order chi connectivity index (χ0) is 21.9. The Morgan fingerprint density at radius 2 is 1.91 bits per heavy atom. The molecule has 2 amide bonds. The number of carbonyl (C=O) groups is 2. The number of aromatic nitrogens is 3. The maximum absolute atomic E-state index is 12.7. The van der Waals surface area contributed by atoms with Crippen LogP contribution in [0.15, 0.2) is 53.3 Å². The highest BCUT2D eigenvalue weighted by Crippen LogP contribution is 2.36. The molecule has 1 N–H and O–H groups in total. The van der Waals surface area contributed by atoms with Gasteiger partial charge in [0.2, 0.25) is 17.6 Å². The molecule has 1 atom stereocenters. The van der Waals surface area contributed by atoms with Crippen LogP contribution in [0.1, 0.15) is 47.0 Å². The normalized spacial score (nSPS) is 18.8. The first-order chi connectivity index (χ1) is 15.7. The number of rotatable bonds is 5. The van der Waals surface area contributed by atoms with Gasteiger partial charge < -0.3 is 14.7 Å². The van der Waals surface area contributed by atoms with Gasteiger partial charge >= 0.3 is 0 Å². The fourth-order valence-electron chi connectivity index (χ4n) is 4.75. The van der Waals surface area contributed by atoms with E-state index in [4.69, 9.17) is 4.52 Å². The fourth-order valence-corrected chi connectivity index (χ4v) is 4.75. The summed E-state index contributed by atoms with van der Waals surface area (Å²) in [6.45, 7) is 2.15. The molecule has 2 aromatic heterocycles. The summed E-state index contributed by atoms with van der Waals surface area (Å²) in [6, 6.07) is 11.5. The number of carbonyl (C=O) groups excluding carboxylic acids is 2. The van der Waals surface area contributed by atoms with Gasteiger partial charge in [-0.1, -0.05) is 23.4 Å². The Hall–Kier alpha value is -3.55. The van der Waals surface area contributed by atoms with Crippen LogP contribution in [0.3, 0.4) is 0 Å². The first-order valence-electron chi connectivity index (χ1n) is 11.1. The van der Waals surface area contributed by atoms with E-state index in [1.807, 2.05) is 35.2 Å². The lowest BCUT2D eigenvalue weighted by molar-refractivity contribution is -0.132. The van der Waals surface area contributed by atoms with E-state index in [-0.39, 0.29) is 11.8 Å². The van der Waals surface area contributed by atoms with E-state index >= 15 is 0 Å². The molecule has 2 aliphatic heterocycles. The average Bonchev–Trinajstić information content (AvgIpc) is 3.33. The molecule has 5 rings (SSSR count). The molecule has 8 heteroatoms. The van der Waals surface area contributed by atoms with Crippen LogP contribution in [0, 0.1) is 5.92 Å². The van der Waals surface area contributed by atoms with Crippen molar-refractivity contribution in [2.75, 3.05) is 19.6 Å². The number of nitrogens with one attached hydrogen (secondary N) is 1. The summed E-state index contributed by atoms with van der Waals surface area (Å²) in [5.41, 5.74) is 2.76. The van der Waals surface area contributed by atoms with Crippen LogP contribution < -0.4 is 5.32 Å². The van der Waals surface area contributed by atoms with Gasteiger partial charge in [-0.15, -0.1) is 0 Å². The lowest BCUT2D eigenvalue weighted by Gasteiger charge is -2.38. The van der Waals surface area contributed by atoms with Gasteiger partial charge in [-0.3, -0.25) is 14.6 Å². The van der Waals surface area contributed by atoms with E-state index in [1.54, 1.807) is 12.4 Å². The highest BCUT2D eigenvalue weighted by molar-refractivity contribution is 5.97. The summed E-state index contributed by atoms with van der Waals surface area (Å²) < 4.78 is 5.31. The van der Waals surface area contributed by atoms with Gasteiger partial charge in [0.15, 0.2) is 0 Å². The second-order valence-corrected chi connectivity index (χ2v) is 8.37. The lowest BCUT2D eigenvalue weighted by atomic mass is 9.76. The number of amides is 2. The number of pyridine rings is 1. The number of likely N-dealkylation sites (tertiary alicyclic amines) is 1. The van der Waals surface area contributed by atoms with Gasteiger partial charge in [0.05, 0.1) is 0 Å². The molecule has 4 heterocycles. The fraction of sp³-hybridized carbons (Fsp3) is 0.375. The Balaban J connectivity index is 1.14. The summed E-state index contributed by atoms with van der Waals surface area (Å²) in [4.78, 5) is 35.2. The van der Waals surface area contributed by atoms with Crippen LogP contribution in [0.25, 0.3) is 11.4 Å². The molecular weight excluding hydrogens is 406 g/mol. The van der Waals surface area contributed by atoms with Gasteiger partial charge in [0.1, 0.15) is 0 Å². The molecule has 1 saturated heterocycles. The third kappa shape index (κ3) is 4.12. The van der Waals surface area contributed by atoms with Crippen LogP contribution in [-0.2, 0) is 11.2 Å². The maximum atomic E-state index is 12.7. The molecular formula is C24H25N5O3. The summed E-state index contributed by atoms with van der Waals surface area (Å²) in [5.74, 6) is 1.87. The van der Waals surface area contributed by atoms with E-state index in [0.717, 1.165) is 42.6 Å². The highest BCUT2D eigenvalue weighted by atomic mass is 16.5. The van der Waals surface area contributed by atoms with Crippen molar-refractivity contribution >= 4 is 11.8 Å². The molecule has 1 fully saturated rings. The van der Waals surface area contributed by atoms with E-state index in [9.17, 15) is 9.59 Å². The summed E-state index contributed by atoms with van der Waals surface area (Å²) >= 11 is 0. The maximum Gasteiger partial charge on any atom is 0.251 e. The number of hydrogen-bond donors (Lipinski definition) is 1. The van der Waals surface area contributed by atoms with Crippen molar-refractivity contribution in [3.8, 4) is 11.4 Å². The van der Waals surface area contributed by atoms with Gasteiger partial charge in [-0.25, -0.2) is 0 Å². The molecule has 164 valence electrons. The SMILES string of the molecule is O=C1NCC(C2CCN(C(=O)CCc3nc(-c4ccncc4)no3)CC2)c2ccccc21. The van der Waals surface area contributed by atoms with Crippen molar-refractivity contribution in [2.45, 2.75) is 31.6 Å². The molecule has 1 aromatic carbocycles. The second-order valence-electron chi connectivity index (χ2n) is 8.37. The average molecular weight is 431 g/mol. The standard InChI is InChI=1S/C24H25N5O3/c30-22(6-5-21-27-23(28-32-21)17-7-11-25-12-8-17)29-13-9-16(10-14-29)20-15-26-24(31)19-4-2-1-3-18(19)20/h1-4,7-8,11-12,16,20H,5-6,9-10,13-15H2,(H,26,31). The molecule has 0 radical (unpaired) electrons. The summed E-state index contributed by atoms with van der Waals surface area (Å²) in [6.07, 6.45) is 6.02. The van der Waals surface area contributed by atoms with Gasteiger partial charge in [-0.2, -0.15) is 4.98 Å². The minimum Gasteiger partial charge on any atom is -0.351 e. The summed E-state index contributed by atoms with van der Waals surface area (Å²) in [7, 11) is 0. The Morgan fingerprint density at radius 3 is 2.72 bits per heavy atom. The molecule has 1 unspecified atom stereocenters. The van der Waals surface area contributed by atoms with Crippen molar-refractivity contribution in [3.05, 3.63) is 65.8 Å². The minimum atomic E-state index is 0.0116. The predicted octanol–water partition coefficient (Wildman–Crippen LogP) is 2.83. The molecule has 8 nitrogen and oxygen atoms in total. The smallest absolute Gasteiger partial charge is 0.251 e. The van der Waals surface area contributed by atoms with E-state index in [0.29, 0.717) is 42.9 Å². The van der Waals surface area contributed by atoms with E-state index < -0.39 is 0 Å². The van der Waals surface area contributed by atoms with Crippen molar-refractivity contribution in [2.24, 2.45) is 5.92 Å². The van der Waals surface area contributed by atoms with Crippen LogP contribution in [0.2, 0.25) is 0 Å². The van der Waals surface area contributed by atoms with E-state index in [1.165, 1.54) is 0 Å². The number of hydrogen-bond acceptors (Lipinski definition) is 6. The van der Waals surface area contributed by atoms with Crippen molar-refractivity contribution in [1.29, 1.82) is 0 Å². The quantitative estimate of drug-likeness (QED) is 0.667. The topological polar surface area (TPSA) is 101 Å². The molecule has 0 spiro atoms. The van der Waals surface area contributed by atoms with Crippen LogP contribution in [-0.4, -0.2) is 51.5 Å². The Bertz CT molecular complexity index is 1110. The molecule has 3 aromatic rings. The minimum absolute atomic E-state index is 0.0116. The molecule has 0 aliphatic carbocycles. The number of piperidine rings is 1. The van der Waals surface area contributed by atoms with Crippen LogP contribution in [0.5, 0.6) is 0 Å². The number of aryl methyl sites for hydroxylation is 1. The molecule has 0 bridgehead atoms. The number of benzene rings is 1. The zero-order valence-corrected chi connectivity index (χ0v) is 17.7. The monoisotopic (exact) mass is 431 g/mol. The Kier molecular flexibility index (Phi) is 5.66. The van der Waals surface area contributed by atoms with Crippen molar-refractivity contribution in [3.63, 3.8) is 0 Å². The van der Waals surface area contributed by atoms with Gasteiger partial charge in [0.25, 0.3) is 5.91 Å². The van der Waals surface area contributed by atoms with E-state index in [2.05, 4.69) is 26.5 Å². The first-order valence-corrected chi connectivity index (χ1v) is 11.1. The lowest BCUT2D eigenvalue weighted by Crippen LogP contribution is -2.43. The third-order valence-electron chi connectivity index (χ3n) is 6.51. The molecule has 0 saturated carbocycles. The second kappa shape index (κ2) is 8.90. The number of nitrogens with zero attached hydrogens (tertiary/aromatic N) is 4. The van der Waals surface area contributed by atoms with Crippen molar-refractivity contribution in [1.82, 2.24) is 25.3 Å². The van der Waals surface area contributed by atoms with Crippen LogP contribution in [0.4, 0.5) is 0 Å². The number of fused-ring (bicyclic) bond motifs is 1. The van der Waals surface area contributed by atoms with Gasteiger partial charge in [-0.05, 0) is 42.5 Å².